The van der Waals surface area contributed by atoms with E-state index in [0.717, 1.165) is 10.8 Å². The van der Waals surface area contributed by atoms with E-state index in [4.69, 9.17) is 11.6 Å². The highest BCUT2D eigenvalue weighted by Crippen LogP contribution is 2.16. The molecule has 1 aromatic carbocycles. The van der Waals surface area contributed by atoms with E-state index in [9.17, 15) is 4.79 Å². The van der Waals surface area contributed by atoms with Gasteiger partial charge < -0.3 is 5.32 Å². The van der Waals surface area contributed by atoms with Crippen molar-refractivity contribution in [1.82, 2.24) is 4.98 Å². The van der Waals surface area contributed by atoms with Crippen LogP contribution in [0.5, 0.6) is 0 Å². The monoisotopic (exact) mass is 248 g/mol. The predicted molar refractivity (Wildman–Crippen MR) is 70.3 cm³/mol. The molecule has 4 heteroatoms. The molecule has 0 aliphatic rings. The zero-order valence-electron chi connectivity index (χ0n) is 9.48. The molecule has 0 aliphatic heterocycles. The minimum Gasteiger partial charge on any atom is -0.311 e. The largest absolute Gasteiger partial charge is 0.311 e. The molecule has 0 unspecified atom stereocenters. The number of rotatable bonds is 3. The number of hydrogen-bond donors (Lipinski definition) is 1. The molecular formula is C13H13ClN2O. The van der Waals surface area contributed by atoms with Crippen molar-refractivity contribution in [2.75, 3.05) is 5.32 Å². The third-order valence-electron chi connectivity index (χ3n) is 2.37. The molecule has 1 N–H and O–H groups in total. The first-order valence-corrected chi connectivity index (χ1v) is 5.87. The van der Waals surface area contributed by atoms with Gasteiger partial charge in [-0.25, -0.2) is 4.98 Å². The van der Waals surface area contributed by atoms with Crippen LogP contribution in [-0.2, 0) is 4.79 Å². The molecule has 88 valence electrons. The molecule has 1 heterocycles. The summed E-state index contributed by atoms with van der Waals surface area (Å²) in [5, 5.41) is 4.66. The number of carbonyl (C=O) groups excluding carboxylic acids is 1. The SMILES string of the molecule is C[C@H](Cl)CC(=O)Nc1cc2ccccc2cn1. The Morgan fingerprint density at radius 3 is 2.82 bits per heavy atom. The normalized spacial score (nSPS) is 12.4. The zero-order valence-corrected chi connectivity index (χ0v) is 10.2. The molecule has 0 bridgehead atoms. The highest BCUT2D eigenvalue weighted by molar-refractivity contribution is 6.21. The first-order valence-electron chi connectivity index (χ1n) is 5.44. The summed E-state index contributed by atoms with van der Waals surface area (Å²) in [6.07, 6.45) is 2.03. The lowest BCUT2D eigenvalue weighted by atomic mass is 10.2. The van der Waals surface area contributed by atoms with E-state index in [2.05, 4.69) is 10.3 Å². The number of benzene rings is 1. The van der Waals surface area contributed by atoms with Gasteiger partial charge in [0.05, 0.1) is 0 Å². The lowest BCUT2D eigenvalue weighted by molar-refractivity contribution is -0.116. The van der Waals surface area contributed by atoms with E-state index in [1.165, 1.54) is 0 Å². The zero-order chi connectivity index (χ0) is 12.3. The number of aromatic nitrogens is 1. The fourth-order valence-electron chi connectivity index (χ4n) is 1.60. The lowest BCUT2D eigenvalue weighted by Crippen LogP contribution is -2.15. The molecule has 2 rings (SSSR count). The van der Waals surface area contributed by atoms with Gasteiger partial charge in [0, 0.05) is 23.4 Å². The van der Waals surface area contributed by atoms with Gasteiger partial charge in [0.25, 0.3) is 0 Å². The number of nitrogens with zero attached hydrogens (tertiary/aromatic N) is 1. The maximum atomic E-state index is 11.5. The van der Waals surface area contributed by atoms with Crippen LogP contribution < -0.4 is 5.32 Å². The number of hydrogen-bond acceptors (Lipinski definition) is 2. The van der Waals surface area contributed by atoms with Gasteiger partial charge in [-0.2, -0.15) is 0 Å². The average molecular weight is 249 g/mol. The van der Waals surface area contributed by atoms with Crippen LogP contribution >= 0.6 is 11.6 Å². The molecule has 2 aromatic rings. The Bertz CT molecular complexity index is 540. The van der Waals surface area contributed by atoms with Crippen molar-refractivity contribution in [3.05, 3.63) is 36.5 Å². The summed E-state index contributed by atoms with van der Waals surface area (Å²) in [5.74, 6) is 0.446. The molecule has 1 atom stereocenters. The summed E-state index contributed by atoms with van der Waals surface area (Å²) < 4.78 is 0. The molecule has 0 radical (unpaired) electrons. The van der Waals surface area contributed by atoms with Gasteiger partial charge in [0.1, 0.15) is 5.82 Å². The molecule has 0 aliphatic carbocycles. The van der Waals surface area contributed by atoms with Crippen LogP contribution in [0.1, 0.15) is 13.3 Å². The van der Waals surface area contributed by atoms with Gasteiger partial charge in [-0.15, -0.1) is 11.6 Å². The van der Waals surface area contributed by atoms with Crippen molar-refractivity contribution < 1.29 is 4.79 Å². The van der Waals surface area contributed by atoms with Crippen LogP contribution in [0.2, 0.25) is 0 Å². The van der Waals surface area contributed by atoms with E-state index >= 15 is 0 Å². The Hall–Kier alpha value is -1.61. The second-order valence-corrected chi connectivity index (χ2v) is 4.69. The summed E-state index contributed by atoms with van der Waals surface area (Å²) in [6.45, 7) is 1.79. The second-order valence-electron chi connectivity index (χ2n) is 3.95. The summed E-state index contributed by atoms with van der Waals surface area (Å²) in [7, 11) is 0. The summed E-state index contributed by atoms with van der Waals surface area (Å²) in [4.78, 5) is 15.7. The van der Waals surface area contributed by atoms with Crippen molar-refractivity contribution >= 4 is 34.1 Å². The summed E-state index contributed by atoms with van der Waals surface area (Å²) in [6, 6.07) is 9.73. The molecule has 1 aromatic heterocycles. The fourth-order valence-corrected chi connectivity index (χ4v) is 1.74. The number of nitrogens with one attached hydrogen (secondary N) is 1. The van der Waals surface area contributed by atoms with Crippen LogP contribution in [0, 0.1) is 0 Å². The van der Waals surface area contributed by atoms with Gasteiger partial charge in [-0.1, -0.05) is 24.3 Å². The highest BCUT2D eigenvalue weighted by Gasteiger charge is 2.07. The van der Waals surface area contributed by atoms with E-state index < -0.39 is 0 Å². The molecule has 17 heavy (non-hydrogen) atoms. The number of halogens is 1. The van der Waals surface area contributed by atoms with Gasteiger partial charge in [-0.3, -0.25) is 4.79 Å². The minimum absolute atomic E-state index is 0.115. The van der Waals surface area contributed by atoms with Crippen molar-refractivity contribution in [1.29, 1.82) is 0 Å². The molecule has 0 saturated carbocycles. The summed E-state index contributed by atoms with van der Waals surface area (Å²) >= 11 is 5.75. The maximum Gasteiger partial charge on any atom is 0.226 e. The Morgan fingerprint density at radius 2 is 2.12 bits per heavy atom. The number of alkyl halides is 1. The Morgan fingerprint density at radius 1 is 1.41 bits per heavy atom. The van der Waals surface area contributed by atoms with Crippen molar-refractivity contribution in [2.24, 2.45) is 0 Å². The first-order chi connectivity index (χ1) is 8.15. The van der Waals surface area contributed by atoms with Crippen LogP contribution in [-0.4, -0.2) is 16.3 Å². The third kappa shape index (κ3) is 3.17. The molecule has 0 fully saturated rings. The van der Waals surface area contributed by atoms with Crippen molar-refractivity contribution in [2.45, 2.75) is 18.7 Å². The van der Waals surface area contributed by atoms with Crippen LogP contribution in [0.3, 0.4) is 0 Å². The van der Waals surface area contributed by atoms with E-state index in [-0.39, 0.29) is 17.7 Å². The second kappa shape index (κ2) is 5.15. The molecule has 0 saturated heterocycles. The predicted octanol–water partition coefficient (Wildman–Crippen LogP) is 3.19. The van der Waals surface area contributed by atoms with Crippen LogP contribution in [0.25, 0.3) is 10.8 Å². The number of pyridine rings is 1. The summed E-state index contributed by atoms with van der Waals surface area (Å²) in [5.41, 5.74) is 0. The molecule has 0 spiro atoms. The fraction of sp³-hybridized carbons (Fsp3) is 0.231. The minimum atomic E-state index is -0.171. The number of carbonyl (C=O) groups is 1. The smallest absolute Gasteiger partial charge is 0.226 e. The van der Waals surface area contributed by atoms with Crippen LogP contribution in [0.4, 0.5) is 5.82 Å². The molecular weight excluding hydrogens is 236 g/mol. The van der Waals surface area contributed by atoms with E-state index in [0.29, 0.717) is 5.82 Å². The first kappa shape index (κ1) is 11.9. The Labute approximate surface area is 105 Å². The number of fused-ring (bicyclic) bond motifs is 1. The Kier molecular flexibility index (Phi) is 3.59. The van der Waals surface area contributed by atoms with Crippen molar-refractivity contribution in [3.63, 3.8) is 0 Å². The van der Waals surface area contributed by atoms with Gasteiger partial charge >= 0.3 is 0 Å². The van der Waals surface area contributed by atoms with E-state index in [1.54, 1.807) is 13.1 Å². The quantitative estimate of drug-likeness (QED) is 0.848. The number of amides is 1. The van der Waals surface area contributed by atoms with Gasteiger partial charge in [0.2, 0.25) is 5.91 Å². The lowest BCUT2D eigenvalue weighted by Gasteiger charge is -2.06. The van der Waals surface area contributed by atoms with Gasteiger partial charge in [0.15, 0.2) is 0 Å². The van der Waals surface area contributed by atoms with Gasteiger partial charge in [-0.05, 0) is 18.4 Å². The van der Waals surface area contributed by atoms with Crippen LogP contribution in [0.15, 0.2) is 36.5 Å². The van der Waals surface area contributed by atoms with Crippen molar-refractivity contribution in [3.8, 4) is 0 Å². The topological polar surface area (TPSA) is 42.0 Å². The molecule has 3 nitrogen and oxygen atoms in total. The molecule has 1 amide bonds. The number of anilines is 1. The average Bonchev–Trinajstić information content (AvgIpc) is 2.27. The third-order valence-corrected chi connectivity index (χ3v) is 2.52. The Balaban J connectivity index is 2.17. The van der Waals surface area contributed by atoms with E-state index in [1.807, 2.05) is 30.3 Å². The standard InChI is InChI=1S/C13H13ClN2O/c1-9(14)6-13(17)16-12-7-10-4-2-3-5-11(10)8-15-12/h2-5,7-9H,6H2,1H3,(H,15,16,17)/t9-/m0/s1. The maximum absolute atomic E-state index is 11.5. The highest BCUT2D eigenvalue weighted by atomic mass is 35.5.